The van der Waals surface area contributed by atoms with Crippen molar-refractivity contribution in [2.24, 2.45) is 5.10 Å². The van der Waals surface area contributed by atoms with Gasteiger partial charge in [-0.1, -0.05) is 23.7 Å². The molecular weight excluding hydrogens is 285 g/mol. The van der Waals surface area contributed by atoms with E-state index in [0.717, 1.165) is 0 Å². The van der Waals surface area contributed by atoms with Crippen LogP contribution in [0.25, 0.3) is 0 Å². The van der Waals surface area contributed by atoms with E-state index in [1.54, 1.807) is 0 Å². The number of amides is 1. The summed E-state index contributed by atoms with van der Waals surface area (Å²) in [6.45, 7) is 0. The number of benzene rings is 1. The van der Waals surface area contributed by atoms with E-state index in [1.807, 2.05) is 0 Å². The van der Waals surface area contributed by atoms with Gasteiger partial charge in [0.1, 0.15) is 5.71 Å². The third-order valence-electron chi connectivity index (χ3n) is 2.76. The summed E-state index contributed by atoms with van der Waals surface area (Å²) in [5.74, 6) is 0. The molecule has 19 heavy (non-hydrogen) atoms. The van der Waals surface area contributed by atoms with Crippen LogP contribution in [0.15, 0.2) is 29.4 Å². The maximum atomic E-state index is 12.6. The van der Waals surface area contributed by atoms with Crippen LogP contribution in [-0.2, 0) is 10.5 Å². The van der Waals surface area contributed by atoms with E-state index in [0.29, 0.717) is 10.0 Å². The zero-order chi connectivity index (χ0) is 14.3. The summed E-state index contributed by atoms with van der Waals surface area (Å²) in [4.78, 5) is 10.8. The number of carbonyl (C=O) groups excluding carboxylic acids is 1. The summed E-state index contributed by atoms with van der Waals surface area (Å²) in [7, 11) is 0. The Morgan fingerprint density at radius 3 is 2.42 bits per heavy atom. The van der Waals surface area contributed by atoms with Gasteiger partial charge in [-0.3, -0.25) is 4.79 Å². The van der Waals surface area contributed by atoms with Crippen LogP contribution in [0.5, 0.6) is 0 Å². The Morgan fingerprint density at radius 1 is 1.37 bits per heavy atom. The molecule has 8 heteroatoms. The molecule has 1 heterocycles. The number of nitrogens with zero attached hydrogens (tertiary/aromatic N) is 2. The van der Waals surface area contributed by atoms with Crippen LogP contribution in [0.2, 0.25) is 5.02 Å². The predicted octanol–water partition coefficient (Wildman–Crippen LogP) is 2.27. The maximum absolute atomic E-state index is 12.6. The Balaban J connectivity index is 2.40. The summed E-state index contributed by atoms with van der Waals surface area (Å²) < 4.78 is 37.8. The predicted molar refractivity (Wildman–Crippen MR) is 61.4 cm³/mol. The number of hydrazone groups is 1. The lowest BCUT2D eigenvalue weighted by Crippen LogP contribution is -2.39. The first-order chi connectivity index (χ1) is 8.77. The normalized spacial score (nSPS) is 23.4. The number of hydrogen-bond acceptors (Lipinski definition) is 3. The Labute approximate surface area is 111 Å². The van der Waals surface area contributed by atoms with Crippen LogP contribution >= 0.6 is 11.6 Å². The van der Waals surface area contributed by atoms with E-state index in [2.05, 4.69) is 5.10 Å². The number of carbonyl (C=O) groups is 1. The molecule has 0 radical (unpaired) electrons. The highest BCUT2D eigenvalue weighted by atomic mass is 35.5. The van der Waals surface area contributed by atoms with Crippen LogP contribution in [0.4, 0.5) is 13.2 Å². The van der Waals surface area contributed by atoms with Crippen LogP contribution in [0.1, 0.15) is 12.0 Å². The average Bonchev–Trinajstić information content (AvgIpc) is 2.68. The van der Waals surface area contributed by atoms with Crippen molar-refractivity contribution in [2.45, 2.75) is 18.3 Å². The first-order valence-corrected chi connectivity index (χ1v) is 5.53. The van der Waals surface area contributed by atoms with Crippen molar-refractivity contribution in [3.05, 3.63) is 34.9 Å². The molecule has 1 aliphatic rings. The van der Waals surface area contributed by atoms with Crippen molar-refractivity contribution in [3.8, 4) is 0 Å². The number of alkyl halides is 3. The molecule has 1 amide bonds. The van der Waals surface area contributed by atoms with Crippen molar-refractivity contribution >= 4 is 23.7 Å². The van der Waals surface area contributed by atoms with E-state index in [1.165, 1.54) is 24.3 Å². The molecule has 0 spiro atoms. The van der Waals surface area contributed by atoms with Crippen molar-refractivity contribution < 1.29 is 23.1 Å². The largest absolute Gasteiger partial charge is 0.431 e. The fourth-order valence-corrected chi connectivity index (χ4v) is 1.91. The van der Waals surface area contributed by atoms with Crippen LogP contribution in [0, 0.1) is 0 Å². The summed E-state index contributed by atoms with van der Waals surface area (Å²) in [6, 6.07) is 5.49. The highest BCUT2D eigenvalue weighted by Gasteiger charge is 2.51. The molecule has 0 unspecified atom stereocenters. The van der Waals surface area contributed by atoms with Gasteiger partial charge < -0.3 is 5.11 Å². The average molecular weight is 293 g/mol. The highest BCUT2D eigenvalue weighted by Crippen LogP contribution is 2.38. The van der Waals surface area contributed by atoms with Crippen molar-refractivity contribution in [1.82, 2.24) is 5.01 Å². The van der Waals surface area contributed by atoms with Gasteiger partial charge in [-0.05, 0) is 12.1 Å². The summed E-state index contributed by atoms with van der Waals surface area (Å²) in [6.07, 6.45) is -5.47. The van der Waals surface area contributed by atoms with E-state index < -0.39 is 24.0 Å². The number of hydrogen-bond donors (Lipinski definition) is 1. The van der Waals surface area contributed by atoms with Crippen LogP contribution < -0.4 is 0 Å². The van der Waals surface area contributed by atoms with Crippen molar-refractivity contribution in [3.63, 3.8) is 0 Å². The van der Waals surface area contributed by atoms with Crippen LogP contribution in [-0.4, -0.2) is 28.4 Å². The second-order valence-electron chi connectivity index (χ2n) is 3.99. The van der Waals surface area contributed by atoms with Crippen molar-refractivity contribution in [1.29, 1.82) is 0 Å². The van der Waals surface area contributed by atoms with Crippen LogP contribution in [0.3, 0.4) is 0 Å². The topological polar surface area (TPSA) is 52.9 Å². The summed E-state index contributed by atoms with van der Waals surface area (Å²) in [5.41, 5.74) is -3.25. The minimum Gasteiger partial charge on any atom is -0.365 e. The smallest absolute Gasteiger partial charge is 0.365 e. The number of aliphatic hydroxyl groups is 1. The molecule has 0 fully saturated rings. The lowest BCUT2D eigenvalue weighted by Gasteiger charge is -2.28. The molecule has 102 valence electrons. The quantitative estimate of drug-likeness (QED) is 0.850. The van der Waals surface area contributed by atoms with E-state index >= 15 is 0 Å². The molecule has 0 saturated heterocycles. The molecule has 1 aliphatic heterocycles. The summed E-state index contributed by atoms with van der Waals surface area (Å²) >= 11 is 5.66. The minimum atomic E-state index is -4.70. The van der Waals surface area contributed by atoms with Gasteiger partial charge in [0.25, 0.3) is 0 Å². The molecule has 1 atom stereocenters. The Morgan fingerprint density at radius 2 is 1.95 bits per heavy atom. The van der Waals surface area contributed by atoms with Gasteiger partial charge in [-0.25, -0.2) is 0 Å². The Bertz CT molecular complexity index is 530. The monoisotopic (exact) mass is 292 g/mol. The van der Waals surface area contributed by atoms with Gasteiger partial charge in [0.05, 0.1) is 6.42 Å². The fourth-order valence-electron chi connectivity index (χ4n) is 1.78. The Kier molecular flexibility index (Phi) is 3.27. The fraction of sp³-hybridized carbons (Fsp3) is 0.273. The van der Waals surface area contributed by atoms with E-state index in [-0.39, 0.29) is 12.0 Å². The zero-order valence-electron chi connectivity index (χ0n) is 9.36. The van der Waals surface area contributed by atoms with E-state index in [4.69, 9.17) is 11.6 Å². The highest BCUT2D eigenvalue weighted by molar-refractivity contribution is 6.30. The molecular formula is C11H8ClF3N2O2. The number of rotatable bonds is 2. The van der Waals surface area contributed by atoms with E-state index in [9.17, 15) is 23.1 Å². The summed E-state index contributed by atoms with van der Waals surface area (Å²) in [5, 5.41) is 14.1. The first kappa shape index (κ1) is 13.8. The van der Waals surface area contributed by atoms with Gasteiger partial charge in [0, 0.05) is 10.6 Å². The number of halogens is 4. The minimum absolute atomic E-state index is 0.0490. The standard InChI is InChI=1S/C11H8ClF3N2O2/c12-8-3-1-7(2-4-8)10(19)5-9(11(13,14)15)16-17(10)6-18/h1-4,6,19H,5H2/t10-/m1/s1. The third kappa shape index (κ3) is 2.43. The van der Waals surface area contributed by atoms with Gasteiger partial charge in [0.15, 0.2) is 5.72 Å². The lowest BCUT2D eigenvalue weighted by atomic mass is 9.97. The second-order valence-corrected chi connectivity index (χ2v) is 4.43. The third-order valence-corrected chi connectivity index (χ3v) is 3.01. The zero-order valence-corrected chi connectivity index (χ0v) is 10.1. The molecule has 0 aromatic heterocycles. The maximum Gasteiger partial charge on any atom is 0.431 e. The SMILES string of the molecule is O=CN1N=C(C(F)(F)F)C[C@@]1(O)c1ccc(Cl)cc1. The lowest BCUT2D eigenvalue weighted by molar-refractivity contribution is -0.144. The molecule has 1 aromatic rings. The molecule has 0 bridgehead atoms. The van der Waals surface area contributed by atoms with Gasteiger partial charge in [-0.15, -0.1) is 0 Å². The molecule has 1 aromatic carbocycles. The molecule has 4 nitrogen and oxygen atoms in total. The van der Waals surface area contributed by atoms with Gasteiger partial charge in [0.2, 0.25) is 6.41 Å². The molecule has 1 N–H and O–H groups in total. The van der Waals surface area contributed by atoms with Gasteiger partial charge in [-0.2, -0.15) is 23.3 Å². The van der Waals surface area contributed by atoms with Gasteiger partial charge >= 0.3 is 6.18 Å². The first-order valence-electron chi connectivity index (χ1n) is 5.15. The second kappa shape index (κ2) is 4.50. The molecule has 0 aliphatic carbocycles. The van der Waals surface area contributed by atoms with Crippen molar-refractivity contribution in [2.75, 3.05) is 0 Å². The molecule has 0 saturated carbocycles. The molecule has 2 rings (SSSR count). The Hall–Kier alpha value is -1.60.